The summed E-state index contributed by atoms with van der Waals surface area (Å²) < 4.78 is 11.2. The van der Waals surface area contributed by atoms with Gasteiger partial charge in [0.2, 0.25) is 0 Å². The molecule has 0 saturated heterocycles. The Bertz CT molecular complexity index is 592. The molecular weight excluding hydrogens is 268 g/mol. The summed E-state index contributed by atoms with van der Waals surface area (Å²) in [6, 6.07) is 11.9. The summed E-state index contributed by atoms with van der Waals surface area (Å²) in [5.41, 5.74) is 4.46. The van der Waals surface area contributed by atoms with Gasteiger partial charge in [0.15, 0.2) is 0 Å². The fourth-order valence-electron chi connectivity index (χ4n) is 2.03. The van der Waals surface area contributed by atoms with Crippen molar-refractivity contribution >= 4 is 17.5 Å². The van der Waals surface area contributed by atoms with E-state index >= 15 is 0 Å². The van der Waals surface area contributed by atoms with Crippen LogP contribution in [0.15, 0.2) is 36.4 Å². The van der Waals surface area contributed by atoms with E-state index in [0.717, 1.165) is 22.6 Å². The van der Waals surface area contributed by atoms with Crippen molar-refractivity contribution in [3.63, 3.8) is 0 Å². The highest BCUT2D eigenvalue weighted by atomic mass is 32.1. The Balaban J connectivity index is 2.09. The molecule has 0 heterocycles. The third kappa shape index (κ3) is 3.58. The number of aryl methyl sites for hydroxylation is 4. The van der Waals surface area contributed by atoms with Gasteiger partial charge < -0.3 is 9.47 Å². The number of benzene rings is 2. The molecule has 2 aromatic carbocycles. The molecule has 0 aromatic heterocycles. The van der Waals surface area contributed by atoms with E-state index in [1.165, 1.54) is 11.1 Å². The van der Waals surface area contributed by atoms with Gasteiger partial charge in [-0.3, -0.25) is 0 Å². The summed E-state index contributed by atoms with van der Waals surface area (Å²) >= 11 is 5.16. The second-order valence-electron chi connectivity index (χ2n) is 4.99. The molecule has 2 aromatic rings. The molecule has 0 saturated carbocycles. The van der Waals surface area contributed by atoms with Crippen LogP contribution in [0, 0.1) is 27.7 Å². The van der Waals surface area contributed by atoms with Crippen molar-refractivity contribution in [3.8, 4) is 11.5 Å². The van der Waals surface area contributed by atoms with E-state index in [4.69, 9.17) is 21.7 Å². The Labute approximate surface area is 125 Å². The van der Waals surface area contributed by atoms with E-state index in [0.29, 0.717) is 0 Å². The fourth-order valence-corrected chi connectivity index (χ4v) is 2.21. The van der Waals surface area contributed by atoms with Crippen molar-refractivity contribution in [1.29, 1.82) is 0 Å². The SMILES string of the molecule is Cc1ccc(OC(=S)Oc2ccc(C)cc2C)c(C)c1. The lowest BCUT2D eigenvalue weighted by atomic mass is 10.1. The summed E-state index contributed by atoms with van der Waals surface area (Å²) in [7, 11) is 0. The van der Waals surface area contributed by atoms with Crippen molar-refractivity contribution in [2.75, 3.05) is 0 Å². The molecule has 0 atom stereocenters. The van der Waals surface area contributed by atoms with Gasteiger partial charge >= 0.3 is 5.24 Å². The highest BCUT2D eigenvalue weighted by Crippen LogP contribution is 2.22. The molecule has 0 bridgehead atoms. The first-order chi connectivity index (χ1) is 9.45. The van der Waals surface area contributed by atoms with Crippen LogP contribution in [0.1, 0.15) is 22.3 Å². The molecular formula is C17H18O2S. The van der Waals surface area contributed by atoms with Gasteiger partial charge in [0, 0.05) is 12.2 Å². The van der Waals surface area contributed by atoms with E-state index in [2.05, 4.69) is 12.1 Å². The average molecular weight is 286 g/mol. The molecule has 20 heavy (non-hydrogen) atoms. The Kier molecular flexibility index (Phi) is 4.40. The summed E-state index contributed by atoms with van der Waals surface area (Å²) in [6.45, 7) is 8.06. The summed E-state index contributed by atoms with van der Waals surface area (Å²) in [4.78, 5) is 0. The number of hydrogen-bond acceptors (Lipinski definition) is 3. The van der Waals surface area contributed by atoms with E-state index < -0.39 is 0 Å². The number of rotatable bonds is 2. The van der Waals surface area contributed by atoms with Gasteiger partial charge in [-0.15, -0.1) is 0 Å². The topological polar surface area (TPSA) is 18.5 Å². The van der Waals surface area contributed by atoms with Gasteiger partial charge in [-0.1, -0.05) is 35.4 Å². The molecule has 0 spiro atoms. The molecule has 0 aliphatic carbocycles. The Morgan fingerprint density at radius 3 is 1.50 bits per heavy atom. The number of ether oxygens (including phenoxy) is 2. The van der Waals surface area contributed by atoms with Crippen LogP contribution < -0.4 is 9.47 Å². The zero-order valence-corrected chi connectivity index (χ0v) is 13.0. The first kappa shape index (κ1) is 14.5. The van der Waals surface area contributed by atoms with Gasteiger partial charge in [0.05, 0.1) is 0 Å². The van der Waals surface area contributed by atoms with Crippen molar-refractivity contribution in [1.82, 2.24) is 0 Å². The largest absolute Gasteiger partial charge is 0.417 e. The number of thiocarbonyl (C=S) groups is 1. The highest BCUT2D eigenvalue weighted by Gasteiger charge is 2.08. The Morgan fingerprint density at radius 2 is 1.15 bits per heavy atom. The van der Waals surface area contributed by atoms with Crippen LogP contribution in [0.5, 0.6) is 11.5 Å². The van der Waals surface area contributed by atoms with Gasteiger partial charge in [0.25, 0.3) is 0 Å². The molecule has 2 rings (SSSR count). The monoisotopic (exact) mass is 286 g/mol. The zero-order valence-electron chi connectivity index (χ0n) is 12.2. The fraction of sp³-hybridized carbons (Fsp3) is 0.235. The Morgan fingerprint density at radius 1 is 0.750 bits per heavy atom. The third-order valence-electron chi connectivity index (χ3n) is 3.05. The van der Waals surface area contributed by atoms with E-state index in [1.807, 2.05) is 52.0 Å². The normalized spacial score (nSPS) is 10.2. The van der Waals surface area contributed by atoms with Crippen LogP contribution >= 0.6 is 12.2 Å². The lowest BCUT2D eigenvalue weighted by Gasteiger charge is -2.12. The predicted octanol–water partition coefficient (Wildman–Crippen LogP) is 4.66. The first-order valence-corrected chi connectivity index (χ1v) is 6.90. The Hall–Kier alpha value is -1.87. The molecule has 0 radical (unpaired) electrons. The minimum absolute atomic E-state index is 0.115. The maximum absolute atomic E-state index is 5.60. The van der Waals surface area contributed by atoms with Crippen molar-refractivity contribution < 1.29 is 9.47 Å². The minimum Gasteiger partial charge on any atom is -0.417 e. The summed E-state index contributed by atoms with van der Waals surface area (Å²) in [5.74, 6) is 1.45. The lowest BCUT2D eigenvalue weighted by Crippen LogP contribution is -2.14. The smallest absolute Gasteiger partial charge is 0.363 e. The molecule has 0 unspecified atom stereocenters. The van der Waals surface area contributed by atoms with Gasteiger partial charge in [-0.2, -0.15) is 0 Å². The van der Waals surface area contributed by atoms with Crippen molar-refractivity contribution in [3.05, 3.63) is 58.7 Å². The minimum atomic E-state index is 0.115. The van der Waals surface area contributed by atoms with Gasteiger partial charge in [0.1, 0.15) is 11.5 Å². The zero-order chi connectivity index (χ0) is 14.7. The second kappa shape index (κ2) is 6.06. The predicted molar refractivity (Wildman–Crippen MR) is 85.7 cm³/mol. The summed E-state index contributed by atoms with van der Waals surface area (Å²) in [5, 5.41) is 0.115. The first-order valence-electron chi connectivity index (χ1n) is 6.50. The molecule has 0 aliphatic heterocycles. The van der Waals surface area contributed by atoms with E-state index in [9.17, 15) is 0 Å². The molecule has 2 nitrogen and oxygen atoms in total. The standard InChI is InChI=1S/C17H18O2S/c1-11-5-7-15(13(3)9-11)18-17(20)19-16-8-6-12(2)10-14(16)4/h5-10H,1-4H3. The second-order valence-corrected chi connectivity index (χ2v) is 5.33. The quantitative estimate of drug-likeness (QED) is 0.748. The van der Waals surface area contributed by atoms with Crippen LogP contribution in [-0.4, -0.2) is 5.24 Å². The van der Waals surface area contributed by atoms with Crippen molar-refractivity contribution in [2.45, 2.75) is 27.7 Å². The molecule has 0 aliphatic rings. The van der Waals surface area contributed by atoms with Crippen molar-refractivity contribution in [2.24, 2.45) is 0 Å². The van der Waals surface area contributed by atoms with Crippen LogP contribution in [0.3, 0.4) is 0 Å². The maximum Gasteiger partial charge on any atom is 0.363 e. The van der Waals surface area contributed by atoms with Crippen LogP contribution in [-0.2, 0) is 0 Å². The van der Waals surface area contributed by atoms with Crippen LogP contribution in [0.2, 0.25) is 0 Å². The third-order valence-corrected chi connectivity index (χ3v) is 3.21. The lowest BCUT2D eigenvalue weighted by molar-refractivity contribution is 0.400. The van der Waals surface area contributed by atoms with E-state index in [-0.39, 0.29) is 5.24 Å². The average Bonchev–Trinajstić information content (AvgIpc) is 2.36. The van der Waals surface area contributed by atoms with Gasteiger partial charge in [-0.05, 0) is 51.0 Å². The molecule has 0 amide bonds. The molecule has 3 heteroatoms. The summed E-state index contributed by atoms with van der Waals surface area (Å²) in [6.07, 6.45) is 0. The van der Waals surface area contributed by atoms with Gasteiger partial charge in [-0.25, -0.2) is 0 Å². The molecule has 0 N–H and O–H groups in total. The van der Waals surface area contributed by atoms with Crippen LogP contribution in [0.4, 0.5) is 0 Å². The maximum atomic E-state index is 5.60. The van der Waals surface area contributed by atoms with E-state index in [1.54, 1.807) is 0 Å². The highest BCUT2D eigenvalue weighted by molar-refractivity contribution is 7.79. The molecule has 104 valence electrons. The number of hydrogen-bond donors (Lipinski definition) is 0. The molecule has 0 fully saturated rings. The van der Waals surface area contributed by atoms with Crippen LogP contribution in [0.25, 0.3) is 0 Å².